The Morgan fingerprint density at radius 1 is 1.08 bits per heavy atom. The molecule has 2 heterocycles. The first kappa shape index (κ1) is 15.8. The summed E-state index contributed by atoms with van der Waals surface area (Å²) in [5.41, 5.74) is 1.41. The third kappa shape index (κ3) is 2.48. The van der Waals surface area contributed by atoms with E-state index in [1.165, 1.54) is 3.78 Å². The SMILES string of the molecule is CC1(C)OC2=C(CC1[Se]c1cccs1)C(=O)C(=O)c1ccccc12. The summed E-state index contributed by atoms with van der Waals surface area (Å²) >= 11 is 1.95. The number of allylic oxidation sites excluding steroid dienone is 1. The molecule has 2 aliphatic rings. The second-order valence-electron chi connectivity index (χ2n) is 6.46. The molecule has 122 valence electrons. The average molecular weight is 403 g/mol. The number of ketones is 2. The molecule has 1 unspecified atom stereocenters. The van der Waals surface area contributed by atoms with Crippen molar-refractivity contribution in [2.75, 3.05) is 0 Å². The van der Waals surface area contributed by atoms with E-state index in [-0.39, 0.29) is 25.4 Å². The van der Waals surface area contributed by atoms with Gasteiger partial charge in [0.1, 0.15) is 0 Å². The maximum absolute atomic E-state index is 12.6. The van der Waals surface area contributed by atoms with Gasteiger partial charge in [-0.05, 0) is 0 Å². The molecule has 24 heavy (non-hydrogen) atoms. The molecule has 1 atom stereocenters. The van der Waals surface area contributed by atoms with Crippen LogP contribution in [0.5, 0.6) is 0 Å². The standard InChI is InChI=1S/C19H16O3SSe/c1-19(2)14(24-15-8-5-9-23-15)10-13-17(21)16(20)11-6-3-4-7-12(11)18(13)22-19/h3-9,14H,10H2,1-2H3. The van der Waals surface area contributed by atoms with Crippen molar-refractivity contribution in [3.63, 3.8) is 0 Å². The van der Waals surface area contributed by atoms with Crippen LogP contribution < -0.4 is 3.78 Å². The van der Waals surface area contributed by atoms with E-state index in [1.54, 1.807) is 23.5 Å². The summed E-state index contributed by atoms with van der Waals surface area (Å²) in [6.07, 6.45) is 0.610. The maximum atomic E-state index is 12.6. The van der Waals surface area contributed by atoms with Crippen molar-refractivity contribution in [1.29, 1.82) is 0 Å². The van der Waals surface area contributed by atoms with Gasteiger partial charge in [0, 0.05) is 0 Å². The Kier molecular flexibility index (Phi) is 3.75. The van der Waals surface area contributed by atoms with Gasteiger partial charge in [-0.25, -0.2) is 0 Å². The third-order valence-electron chi connectivity index (χ3n) is 4.45. The van der Waals surface area contributed by atoms with Crippen molar-refractivity contribution >= 4 is 47.4 Å². The summed E-state index contributed by atoms with van der Waals surface area (Å²) < 4.78 is 7.65. The van der Waals surface area contributed by atoms with Gasteiger partial charge in [0.2, 0.25) is 0 Å². The summed E-state index contributed by atoms with van der Waals surface area (Å²) in [4.78, 5) is 25.3. The number of ether oxygens (including phenoxy) is 1. The molecule has 5 heteroatoms. The van der Waals surface area contributed by atoms with Gasteiger partial charge in [0.05, 0.1) is 0 Å². The van der Waals surface area contributed by atoms with Gasteiger partial charge in [-0.1, -0.05) is 0 Å². The molecule has 4 rings (SSSR count). The van der Waals surface area contributed by atoms with E-state index in [1.807, 2.05) is 12.1 Å². The zero-order valence-corrected chi connectivity index (χ0v) is 15.9. The first-order valence-corrected chi connectivity index (χ1v) is 10.5. The molecular formula is C19H16O3SSe. The Bertz CT molecular complexity index is 864. The number of hydrogen-bond donors (Lipinski definition) is 0. The Balaban J connectivity index is 1.77. The van der Waals surface area contributed by atoms with Crippen LogP contribution in [-0.2, 0) is 9.53 Å². The Morgan fingerprint density at radius 3 is 2.54 bits per heavy atom. The van der Waals surface area contributed by atoms with Gasteiger partial charge in [0.25, 0.3) is 0 Å². The van der Waals surface area contributed by atoms with Crippen molar-refractivity contribution in [2.45, 2.75) is 30.7 Å². The van der Waals surface area contributed by atoms with Crippen LogP contribution in [0.3, 0.4) is 0 Å². The summed E-state index contributed by atoms with van der Waals surface area (Å²) in [5, 5.41) is 2.07. The van der Waals surface area contributed by atoms with Crippen LogP contribution in [0.2, 0.25) is 4.82 Å². The van der Waals surface area contributed by atoms with E-state index in [0.717, 1.165) is 5.56 Å². The van der Waals surface area contributed by atoms with Crippen molar-refractivity contribution in [3.8, 4) is 0 Å². The number of carbonyl (C=O) groups excluding carboxylic acids is 2. The van der Waals surface area contributed by atoms with E-state index >= 15 is 0 Å². The molecule has 0 N–H and O–H groups in total. The molecule has 0 radical (unpaired) electrons. The molecule has 1 aromatic heterocycles. The molecule has 1 aliphatic heterocycles. The summed E-state index contributed by atoms with van der Waals surface area (Å²) in [7, 11) is 0. The third-order valence-corrected chi connectivity index (χ3v) is 9.13. The number of benzene rings is 1. The minimum absolute atomic E-state index is 0.205. The van der Waals surface area contributed by atoms with Crippen LogP contribution in [-0.4, -0.2) is 32.1 Å². The van der Waals surface area contributed by atoms with Crippen LogP contribution in [0.4, 0.5) is 0 Å². The summed E-state index contributed by atoms with van der Waals surface area (Å²) in [6, 6.07) is 11.4. The van der Waals surface area contributed by atoms with Crippen LogP contribution in [0.15, 0.2) is 47.4 Å². The number of thiophene rings is 1. The first-order chi connectivity index (χ1) is 11.5. The monoisotopic (exact) mass is 404 g/mol. The van der Waals surface area contributed by atoms with Crippen molar-refractivity contribution in [2.24, 2.45) is 0 Å². The second-order valence-corrected chi connectivity index (χ2v) is 10.6. The van der Waals surface area contributed by atoms with Crippen molar-refractivity contribution in [1.82, 2.24) is 0 Å². The first-order valence-electron chi connectivity index (χ1n) is 7.78. The number of carbonyl (C=O) groups is 2. The Morgan fingerprint density at radius 2 is 1.83 bits per heavy atom. The predicted molar refractivity (Wildman–Crippen MR) is 95.9 cm³/mol. The van der Waals surface area contributed by atoms with Gasteiger partial charge >= 0.3 is 151 Å². The molecule has 0 spiro atoms. The minimum atomic E-state index is -0.407. The molecule has 3 nitrogen and oxygen atoms in total. The zero-order valence-electron chi connectivity index (χ0n) is 13.4. The van der Waals surface area contributed by atoms with Crippen LogP contribution in [0.25, 0.3) is 5.76 Å². The molecule has 0 fully saturated rings. The number of Topliss-reactive ketones (excluding diaryl/α,β-unsaturated/α-hetero) is 2. The number of fused-ring (bicyclic) bond motifs is 2. The molecule has 0 saturated carbocycles. The molecule has 0 amide bonds. The van der Waals surface area contributed by atoms with E-state index in [9.17, 15) is 9.59 Å². The van der Waals surface area contributed by atoms with Crippen LogP contribution in [0.1, 0.15) is 36.2 Å². The fourth-order valence-corrected chi connectivity index (χ4v) is 7.07. The number of hydrogen-bond acceptors (Lipinski definition) is 4. The van der Waals surface area contributed by atoms with E-state index < -0.39 is 11.6 Å². The quantitative estimate of drug-likeness (QED) is 0.571. The van der Waals surface area contributed by atoms with Gasteiger partial charge in [-0.15, -0.1) is 0 Å². The predicted octanol–water partition coefficient (Wildman–Crippen LogP) is 3.24. The van der Waals surface area contributed by atoms with Gasteiger partial charge in [-0.3, -0.25) is 0 Å². The van der Waals surface area contributed by atoms with E-state index in [4.69, 9.17) is 4.74 Å². The molecular weight excluding hydrogens is 387 g/mol. The van der Waals surface area contributed by atoms with Crippen LogP contribution >= 0.6 is 11.3 Å². The van der Waals surface area contributed by atoms with Crippen molar-refractivity contribution < 1.29 is 14.3 Å². The van der Waals surface area contributed by atoms with Crippen LogP contribution in [0, 0.1) is 0 Å². The molecule has 1 aromatic carbocycles. The van der Waals surface area contributed by atoms with E-state index in [0.29, 0.717) is 23.3 Å². The summed E-state index contributed by atoms with van der Waals surface area (Å²) in [5.74, 6) is -0.195. The average Bonchev–Trinajstić information content (AvgIpc) is 3.07. The van der Waals surface area contributed by atoms with Gasteiger partial charge < -0.3 is 0 Å². The molecule has 2 aromatic rings. The molecule has 0 saturated heterocycles. The summed E-state index contributed by atoms with van der Waals surface area (Å²) in [6.45, 7) is 4.17. The fraction of sp³-hybridized carbons (Fsp3) is 0.263. The van der Waals surface area contributed by atoms with Gasteiger partial charge in [-0.2, -0.15) is 0 Å². The van der Waals surface area contributed by atoms with Gasteiger partial charge in [0.15, 0.2) is 0 Å². The van der Waals surface area contributed by atoms with Crippen molar-refractivity contribution in [3.05, 3.63) is 58.5 Å². The Hall–Kier alpha value is -1.68. The Labute approximate surface area is 150 Å². The topological polar surface area (TPSA) is 43.4 Å². The molecule has 0 bridgehead atoms. The fourth-order valence-electron chi connectivity index (χ4n) is 3.12. The molecule has 1 aliphatic carbocycles. The van der Waals surface area contributed by atoms with E-state index in [2.05, 4.69) is 31.4 Å². The zero-order chi connectivity index (χ0) is 16.9. The second kappa shape index (κ2) is 5.69. The number of rotatable bonds is 2. The normalized spacial score (nSPS) is 22.0.